The van der Waals surface area contributed by atoms with Crippen molar-refractivity contribution in [1.29, 1.82) is 0 Å². The normalized spacial score (nSPS) is 25.2. The monoisotopic (exact) mass is 331 g/mol. The molecule has 2 unspecified atom stereocenters. The molecule has 2 fully saturated rings. The third-order valence-corrected chi connectivity index (χ3v) is 4.67. The van der Waals surface area contributed by atoms with Crippen LogP contribution in [0.3, 0.4) is 0 Å². The lowest BCUT2D eigenvalue weighted by molar-refractivity contribution is -0.134. The lowest BCUT2D eigenvalue weighted by atomic mass is 9.89. The summed E-state index contributed by atoms with van der Waals surface area (Å²) in [7, 11) is 0. The van der Waals surface area contributed by atoms with E-state index >= 15 is 0 Å². The number of nitrogens with one attached hydrogen (secondary N) is 1. The highest BCUT2D eigenvalue weighted by atomic mass is 35.5. The maximum atomic E-state index is 12.6. The standard InChI is InChI=1S/C17H33N3O.ClH/c1-13(2)9-20(10-14(3)4)17(21)12-19-6-5-15-7-18-8-16(15)11-19;/h13-16,18H,5-12H2,1-4H3;1H. The molecule has 0 aromatic heterocycles. The van der Waals surface area contributed by atoms with Crippen LogP contribution in [0, 0.1) is 23.7 Å². The van der Waals surface area contributed by atoms with E-state index in [4.69, 9.17) is 0 Å². The molecule has 2 rings (SSSR count). The third-order valence-electron chi connectivity index (χ3n) is 4.67. The number of hydrogen-bond donors (Lipinski definition) is 1. The number of nitrogens with zero attached hydrogens (tertiary/aromatic N) is 2. The molecule has 22 heavy (non-hydrogen) atoms. The Morgan fingerprint density at radius 3 is 2.32 bits per heavy atom. The molecule has 2 aliphatic rings. The Balaban J connectivity index is 0.00000242. The predicted octanol–water partition coefficient (Wildman–Crippen LogP) is 2.09. The molecule has 2 aliphatic heterocycles. The maximum Gasteiger partial charge on any atom is 0.236 e. The lowest BCUT2D eigenvalue weighted by Gasteiger charge is -2.36. The van der Waals surface area contributed by atoms with Gasteiger partial charge in [-0.05, 0) is 49.7 Å². The second kappa shape index (κ2) is 9.09. The van der Waals surface area contributed by atoms with Gasteiger partial charge in [-0.15, -0.1) is 12.4 Å². The van der Waals surface area contributed by atoms with Gasteiger partial charge in [0.2, 0.25) is 5.91 Å². The van der Waals surface area contributed by atoms with E-state index in [9.17, 15) is 4.79 Å². The van der Waals surface area contributed by atoms with E-state index in [1.807, 2.05) is 0 Å². The molecule has 0 aromatic carbocycles. The van der Waals surface area contributed by atoms with Gasteiger partial charge < -0.3 is 10.2 Å². The molecule has 2 heterocycles. The highest BCUT2D eigenvalue weighted by Crippen LogP contribution is 2.26. The van der Waals surface area contributed by atoms with Crippen molar-refractivity contribution in [3.8, 4) is 0 Å². The van der Waals surface area contributed by atoms with Crippen LogP contribution in [-0.4, -0.2) is 61.5 Å². The first-order valence-corrected chi connectivity index (χ1v) is 8.66. The van der Waals surface area contributed by atoms with E-state index in [2.05, 4.69) is 42.8 Å². The number of carbonyl (C=O) groups is 1. The number of likely N-dealkylation sites (tertiary alicyclic amines) is 1. The van der Waals surface area contributed by atoms with Gasteiger partial charge in [0.15, 0.2) is 0 Å². The van der Waals surface area contributed by atoms with Gasteiger partial charge in [-0.3, -0.25) is 9.69 Å². The molecule has 0 radical (unpaired) electrons. The molecule has 1 amide bonds. The van der Waals surface area contributed by atoms with Gasteiger partial charge in [-0.1, -0.05) is 27.7 Å². The van der Waals surface area contributed by atoms with Crippen LogP contribution in [0.15, 0.2) is 0 Å². The largest absolute Gasteiger partial charge is 0.341 e. The van der Waals surface area contributed by atoms with E-state index in [-0.39, 0.29) is 12.4 Å². The van der Waals surface area contributed by atoms with E-state index in [0.717, 1.165) is 44.6 Å². The van der Waals surface area contributed by atoms with E-state index in [1.54, 1.807) is 0 Å². The number of fused-ring (bicyclic) bond motifs is 1. The van der Waals surface area contributed by atoms with Crippen molar-refractivity contribution in [1.82, 2.24) is 15.1 Å². The van der Waals surface area contributed by atoms with Gasteiger partial charge in [0.1, 0.15) is 0 Å². The van der Waals surface area contributed by atoms with E-state index < -0.39 is 0 Å². The van der Waals surface area contributed by atoms with Crippen molar-refractivity contribution in [2.45, 2.75) is 34.1 Å². The molecule has 4 nitrogen and oxygen atoms in total. The first-order valence-electron chi connectivity index (χ1n) is 8.66. The molecule has 0 bridgehead atoms. The van der Waals surface area contributed by atoms with Crippen LogP contribution in [-0.2, 0) is 4.79 Å². The topological polar surface area (TPSA) is 35.6 Å². The Bertz CT molecular complexity index is 339. The quantitative estimate of drug-likeness (QED) is 0.809. The Kier molecular flexibility index (Phi) is 8.15. The van der Waals surface area contributed by atoms with Gasteiger partial charge in [-0.2, -0.15) is 0 Å². The maximum absolute atomic E-state index is 12.6. The molecule has 0 aromatic rings. The highest BCUT2D eigenvalue weighted by molar-refractivity contribution is 5.85. The van der Waals surface area contributed by atoms with Crippen molar-refractivity contribution in [2.24, 2.45) is 23.7 Å². The first kappa shape index (κ1) is 19.7. The molecule has 0 aliphatic carbocycles. The van der Waals surface area contributed by atoms with Crippen LogP contribution in [0.5, 0.6) is 0 Å². The van der Waals surface area contributed by atoms with Crippen molar-refractivity contribution >= 4 is 18.3 Å². The second-order valence-corrected chi connectivity index (χ2v) is 7.79. The summed E-state index contributed by atoms with van der Waals surface area (Å²) in [6.07, 6.45) is 1.25. The summed E-state index contributed by atoms with van der Waals surface area (Å²) in [6.45, 7) is 15.7. The zero-order valence-electron chi connectivity index (χ0n) is 14.7. The lowest BCUT2D eigenvalue weighted by Crippen LogP contribution is -2.47. The Labute approximate surface area is 142 Å². The zero-order chi connectivity index (χ0) is 15.4. The minimum atomic E-state index is 0. The van der Waals surface area contributed by atoms with Gasteiger partial charge in [0, 0.05) is 19.6 Å². The Morgan fingerprint density at radius 2 is 1.73 bits per heavy atom. The van der Waals surface area contributed by atoms with Gasteiger partial charge in [0.05, 0.1) is 6.54 Å². The summed E-state index contributed by atoms with van der Waals surface area (Å²) in [5.41, 5.74) is 0. The second-order valence-electron chi connectivity index (χ2n) is 7.79. The SMILES string of the molecule is CC(C)CN(CC(C)C)C(=O)CN1CCC2CNCC2C1.Cl. The number of piperidine rings is 1. The molecule has 1 N–H and O–H groups in total. The third kappa shape index (κ3) is 5.71. The average Bonchev–Trinajstić information content (AvgIpc) is 2.84. The van der Waals surface area contributed by atoms with Crippen molar-refractivity contribution in [3.05, 3.63) is 0 Å². The van der Waals surface area contributed by atoms with Gasteiger partial charge in [0.25, 0.3) is 0 Å². The molecule has 0 saturated carbocycles. The zero-order valence-corrected chi connectivity index (χ0v) is 15.5. The van der Waals surface area contributed by atoms with Gasteiger partial charge in [-0.25, -0.2) is 0 Å². The summed E-state index contributed by atoms with van der Waals surface area (Å²) < 4.78 is 0. The van der Waals surface area contributed by atoms with Crippen molar-refractivity contribution in [3.63, 3.8) is 0 Å². The minimum Gasteiger partial charge on any atom is -0.341 e. The summed E-state index contributed by atoms with van der Waals surface area (Å²) in [5.74, 6) is 3.01. The Morgan fingerprint density at radius 1 is 1.14 bits per heavy atom. The van der Waals surface area contributed by atoms with E-state index in [0.29, 0.717) is 24.3 Å². The fourth-order valence-electron chi connectivity index (χ4n) is 3.70. The molecule has 2 saturated heterocycles. The number of carbonyl (C=O) groups excluding carboxylic acids is 1. The van der Waals surface area contributed by atoms with Gasteiger partial charge >= 0.3 is 0 Å². The molecule has 0 spiro atoms. The molecule has 2 atom stereocenters. The molecular weight excluding hydrogens is 298 g/mol. The average molecular weight is 332 g/mol. The number of halogens is 1. The summed E-state index contributed by atoms with van der Waals surface area (Å²) >= 11 is 0. The van der Waals surface area contributed by atoms with Crippen LogP contribution < -0.4 is 5.32 Å². The van der Waals surface area contributed by atoms with Crippen LogP contribution >= 0.6 is 12.4 Å². The number of amides is 1. The predicted molar refractivity (Wildman–Crippen MR) is 94.4 cm³/mol. The summed E-state index contributed by atoms with van der Waals surface area (Å²) in [6, 6.07) is 0. The number of rotatable bonds is 6. The van der Waals surface area contributed by atoms with E-state index in [1.165, 1.54) is 13.0 Å². The summed E-state index contributed by atoms with van der Waals surface area (Å²) in [4.78, 5) is 17.1. The van der Waals surface area contributed by atoms with Crippen molar-refractivity contribution < 1.29 is 4.79 Å². The van der Waals surface area contributed by atoms with Crippen LogP contribution in [0.4, 0.5) is 0 Å². The number of hydrogen-bond acceptors (Lipinski definition) is 3. The fourth-order valence-corrected chi connectivity index (χ4v) is 3.70. The minimum absolute atomic E-state index is 0. The van der Waals surface area contributed by atoms with Crippen LogP contribution in [0.2, 0.25) is 0 Å². The molecule has 5 heteroatoms. The first-order chi connectivity index (χ1) is 9.95. The van der Waals surface area contributed by atoms with Crippen LogP contribution in [0.25, 0.3) is 0 Å². The summed E-state index contributed by atoms with van der Waals surface area (Å²) in [5, 5.41) is 3.49. The molecule has 130 valence electrons. The van der Waals surface area contributed by atoms with Crippen molar-refractivity contribution in [2.75, 3.05) is 45.8 Å². The Hall–Kier alpha value is -0.320. The smallest absolute Gasteiger partial charge is 0.236 e. The highest BCUT2D eigenvalue weighted by Gasteiger charge is 2.33. The molecular formula is C17H34ClN3O. The van der Waals surface area contributed by atoms with Crippen LogP contribution in [0.1, 0.15) is 34.1 Å². The fraction of sp³-hybridized carbons (Fsp3) is 0.941.